The summed E-state index contributed by atoms with van der Waals surface area (Å²) in [7, 11) is 1.60. The van der Waals surface area contributed by atoms with Crippen molar-refractivity contribution < 1.29 is 24.1 Å². The maximum atomic E-state index is 10.9. The van der Waals surface area contributed by atoms with Crippen molar-refractivity contribution in [3.63, 3.8) is 0 Å². The van der Waals surface area contributed by atoms with Gasteiger partial charge in [0.15, 0.2) is 6.10 Å². The number of aliphatic hydroxyl groups excluding tert-OH is 1. The first-order valence-electron chi connectivity index (χ1n) is 10.4. The predicted octanol–water partition coefficient (Wildman–Crippen LogP) is 4.70. The van der Waals surface area contributed by atoms with Gasteiger partial charge in [-0.15, -0.1) is 0 Å². The number of aliphatic hydroxyl groups is 1. The van der Waals surface area contributed by atoms with Crippen molar-refractivity contribution in [2.75, 3.05) is 13.7 Å². The maximum absolute atomic E-state index is 10.9. The van der Waals surface area contributed by atoms with E-state index in [0.29, 0.717) is 35.2 Å². The van der Waals surface area contributed by atoms with Gasteiger partial charge >= 0.3 is 0 Å². The molecule has 1 aromatic heterocycles. The molecule has 0 saturated carbocycles. The van der Waals surface area contributed by atoms with Gasteiger partial charge < -0.3 is 24.1 Å². The number of nitrogens with zero attached hydrogens (tertiary/aromatic N) is 1. The van der Waals surface area contributed by atoms with Crippen LogP contribution in [0, 0.1) is 0 Å². The zero-order valence-corrected chi connectivity index (χ0v) is 17.6. The Morgan fingerprint density at radius 2 is 1.81 bits per heavy atom. The molecule has 2 atom stereocenters. The molecule has 0 amide bonds. The summed E-state index contributed by atoms with van der Waals surface area (Å²) in [5.74, 6) is 2.55. The molecule has 5 rings (SSSR count). The van der Waals surface area contributed by atoms with E-state index in [4.69, 9.17) is 18.9 Å². The Hall–Kier alpha value is -3.77. The van der Waals surface area contributed by atoms with Crippen molar-refractivity contribution in [1.29, 1.82) is 0 Å². The SMILES string of the molecule is COc1cccc(OC2COc3ccc(OCc4ccc5ccccc5n4)cc3C2O)c1. The number of hydrogen-bond acceptors (Lipinski definition) is 6. The lowest BCUT2D eigenvalue weighted by Gasteiger charge is -2.31. The van der Waals surface area contributed by atoms with Gasteiger partial charge in [0.25, 0.3) is 0 Å². The van der Waals surface area contributed by atoms with Crippen LogP contribution in [0.15, 0.2) is 78.9 Å². The quantitative estimate of drug-likeness (QED) is 0.479. The number of ether oxygens (including phenoxy) is 4. The summed E-state index contributed by atoms with van der Waals surface area (Å²) >= 11 is 0. The molecule has 6 nitrogen and oxygen atoms in total. The highest BCUT2D eigenvalue weighted by molar-refractivity contribution is 5.78. The molecule has 0 bridgehead atoms. The third kappa shape index (κ3) is 4.18. The van der Waals surface area contributed by atoms with Crippen LogP contribution in [-0.4, -0.2) is 29.9 Å². The molecule has 6 heteroatoms. The summed E-state index contributed by atoms with van der Waals surface area (Å²) in [6.45, 7) is 0.566. The van der Waals surface area contributed by atoms with Crippen LogP contribution in [0.25, 0.3) is 10.9 Å². The molecular weight excluding hydrogens is 406 g/mol. The zero-order chi connectivity index (χ0) is 21.9. The highest BCUT2D eigenvalue weighted by Crippen LogP contribution is 2.37. The minimum absolute atomic E-state index is 0.243. The highest BCUT2D eigenvalue weighted by atomic mass is 16.5. The minimum atomic E-state index is -0.854. The van der Waals surface area contributed by atoms with Crippen LogP contribution in [-0.2, 0) is 6.61 Å². The third-order valence-corrected chi connectivity index (χ3v) is 5.43. The molecular formula is C26H23NO5. The van der Waals surface area contributed by atoms with Crippen molar-refractivity contribution in [1.82, 2.24) is 4.98 Å². The molecule has 0 saturated heterocycles. The van der Waals surface area contributed by atoms with E-state index in [1.54, 1.807) is 19.2 Å². The Balaban J connectivity index is 1.30. The predicted molar refractivity (Wildman–Crippen MR) is 120 cm³/mol. The Kier molecular flexibility index (Phi) is 5.52. The highest BCUT2D eigenvalue weighted by Gasteiger charge is 2.31. The molecule has 0 spiro atoms. The standard InChI is InChI=1S/C26H23NO5/c1-29-19-6-4-7-21(13-19)32-25-16-31-24-12-11-20(14-22(24)26(25)28)30-15-18-10-9-17-5-2-3-8-23(17)27-18/h2-14,25-26,28H,15-16H2,1H3. The molecule has 1 N–H and O–H groups in total. The molecule has 1 aliphatic rings. The summed E-state index contributed by atoms with van der Waals surface area (Å²) in [4.78, 5) is 4.64. The average Bonchev–Trinajstić information content (AvgIpc) is 2.84. The first kappa shape index (κ1) is 20.2. The lowest BCUT2D eigenvalue weighted by Crippen LogP contribution is -2.35. The van der Waals surface area contributed by atoms with E-state index in [0.717, 1.165) is 16.6 Å². The van der Waals surface area contributed by atoms with Gasteiger partial charge in [0.1, 0.15) is 42.3 Å². The summed E-state index contributed by atoms with van der Waals surface area (Å²) in [6, 6.07) is 24.7. The fourth-order valence-electron chi connectivity index (χ4n) is 3.74. The number of hydrogen-bond donors (Lipinski definition) is 1. The molecule has 2 heterocycles. The van der Waals surface area contributed by atoms with E-state index in [1.807, 2.05) is 66.7 Å². The monoisotopic (exact) mass is 429 g/mol. The van der Waals surface area contributed by atoms with Crippen LogP contribution in [0.1, 0.15) is 17.4 Å². The zero-order valence-electron chi connectivity index (χ0n) is 17.6. The smallest absolute Gasteiger partial charge is 0.163 e. The molecule has 1 aliphatic heterocycles. The second kappa shape index (κ2) is 8.77. The van der Waals surface area contributed by atoms with E-state index in [2.05, 4.69) is 4.98 Å². The van der Waals surface area contributed by atoms with Gasteiger partial charge in [-0.25, -0.2) is 4.98 Å². The topological polar surface area (TPSA) is 70.0 Å². The second-order valence-electron chi connectivity index (χ2n) is 7.57. The number of rotatable bonds is 6. The lowest BCUT2D eigenvalue weighted by molar-refractivity contribution is -0.0105. The number of pyridine rings is 1. The van der Waals surface area contributed by atoms with Crippen molar-refractivity contribution in [2.24, 2.45) is 0 Å². The van der Waals surface area contributed by atoms with Gasteiger partial charge in [-0.2, -0.15) is 0 Å². The van der Waals surface area contributed by atoms with E-state index < -0.39 is 12.2 Å². The Morgan fingerprint density at radius 1 is 0.938 bits per heavy atom. The molecule has 3 aromatic carbocycles. The molecule has 0 radical (unpaired) electrons. The number of methoxy groups -OCH3 is 1. The van der Waals surface area contributed by atoms with Crippen LogP contribution in [0.5, 0.6) is 23.0 Å². The number of fused-ring (bicyclic) bond motifs is 2. The fourth-order valence-corrected chi connectivity index (χ4v) is 3.74. The summed E-state index contributed by atoms with van der Waals surface area (Å²) in [5.41, 5.74) is 2.39. The summed E-state index contributed by atoms with van der Waals surface area (Å²) in [6.07, 6.45) is -1.40. The first-order valence-corrected chi connectivity index (χ1v) is 10.4. The van der Waals surface area contributed by atoms with Gasteiger partial charge in [-0.3, -0.25) is 0 Å². The molecule has 0 aliphatic carbocycles. The normalized spacial score (nSPS) is 17.3. The molecule has 162 valence electrons. The maximum Gasteiger partial charge on any atom is 0.163 e. The molecule has 2 unspecified atom stereocenters. The van der Waals surface area contributed by atoms with Gasteiger partial charge in [0.2, 0.25) is 0 Å². The molecule has 32 heavy (non-hydrogen) atoms. The van der Waals surface area contributed by atoms with Gasteiger partial charge in [0.05, 0.1) is 18.3 Å². The van der Waals surface area contributed by atoms with Crippen molar-refractivity contribution >= 4 is 10.9 Å². The van der Waals surface area contributed by atoms with E-state index in [9.17, 15) is 5.11 Å². The van der Waals surface area contributed by atoms with Crippen LogP contribution in [0.2, 0.25) is 0 Å². The Morgan fingerprint density at radius 3 is 2.72 bits per heavy atom. The van der Waals surface area contributed by atoms with Crippen LogP contribution in [0.4, 0.5) is 0 Å². The second-order valence-corrected chi connectivity index (χ2v) is 7.57. The average molecular weight is 429 g/mol. The lowest BCUT2D eigenvalue weighted by atomic mass is 10.0. The molecule has 0 fully saturated rings. The van der Waals surface area contributed by atoms with Gasteiger partial charge in [-0.1, -0.05) is 30.3 Å². The Bertz CT molecular complexity index is 1240. The number of benzene rings is 3. The van der Waals surface area contributed by atoms with E-state index in [1.165, 1.54) is 0 Å². The van der Waals surface area contributed by atoms with E-state index in [-0.39, 0.29) is 6.61 Å². The van der Waals surface area contributed by atoms with Crippen LogP contribution in [0.3, 0.4) is 0 Å². The van der Waals surface area contributed by atoms with Crippen LogP contribution < -0.4 is 18.9 Å². The third-order valence-electron chi connectivity index (χ3n) is 5.43. The van der Waals surface area contributed by atoms with Crippen molar-refractivity contribution in [3.8, 4) is 23.0 Å². The molecule has 4 aromatic rings. The van der Waals surface area contributed by atoms with Crippen molar-refractivity contribution in [2.45, 2.75) is 18.8 Å². The van der Waals surface area contributed by atoms with E-state index >= 15 is 0 Å². The largest absolute Gasteiger partial charge is 0.497 e. The number of aromatic nitrogens is 1. The number of para-hydroxylation sites is 1. The minimum Gasteiger partial charge on any atom is -0.497 e. The van der Waals surface area contributed by atoms with Crippen LogP contribution >= 0.6 is 0 Å². The Labute approximate surface area is 186 Å². The summed E-state index contributed by atoms with van der Waals surface area (Å²) < 4.78 is 23.0. The van der Waals surface area contributed by atoms with Crippen molar-refractivity contribution in [3.05, 3.63) is 90.1 Å². The van der Waals surface area contributed by atoms with Gasteiger partial charge in [-0.05, 0) is 42.5 Å². The summed E-state index contributed by atoms with van der Waals surface area (Å²) in [5, 5.41) is 12.0. The van der Waals surface area contributed by atoms with Gasteiger partial charge in [0, 0.05) is 17.0 Å². The fraction of sp³-hybridized carbons (Fsp3) is 0.192. The first-order chi connectivity index (χ1) is 15.7.